The van der Waals surface area contributed by atoms with Gasteiger partial charge in [0.15, 0.2) is 0 Å². The van der Waals surface area contributed by atoms with Crippen molar-refractivity contribution < 1.29 is 19.5 Å². The summed E-state index contributed by atoms with van der Waals surface area (Å²) in [6.07, 6.45) is 4.34. The van der Waals surface area contributed by atoms with Crippen LogP contribution >= 0.6 is 27.7 Å². The molecule has 2 aromatic carbocycles. The highest BCUT2D eigenvalue weighted by molar-refractivity contribution is 9.09. The molecule has 236 valence electrons. The molecule has 3 saturated heterocycles. The Morgan fingerprint density at radius 1 is 1.13 bits per heavy atom. The number of benzene rings is 2. The van der Waals surface area contributed by atoms with Crippen molar-refractivity contribution in [3.63, 3.8) is 0 Å². The first-order chi connectivity index (χ1) is 21.8. The molecule has 1 spiro atoms. The second-order valence-electron chi connectivity index (χ2n) is 11.8. The minimum Gasteiger partial charge on any atom is -0.394 e. The minimum atomic E-state index is -0.890. The lowest BCUT2D eigenvalue weighted by molar-refractivity contribution is -0.146. The number of aromatic nitrogens is 3. The monoisotopic (exact) mass is 692 g/mol. The lowest BCUT2D eigenvalue weighted by Gasteiger charge is -2.39. The summed E-state index contributed by atoms with van der Waals surface area (Å²) in [5.74, 6) is -2.06. The quantitative estimate of drug-likeness (QED) is 0.227. The van der Waals surface area contributed by atoms with Crippen LogP contribution in [0.4, 0.5) is 5.69 Å². The molecular weight excluding hydrogens is 656 g/mol. The van der Waals surface area contributed by atoms with Gasteiger partial charge in [-0.1, -0.05) is 70.6 Å². The minimum absolute atomic E-state index is 0.0848. The van der Waals surface area contributed by atoms with E-state index in [0.29, 0.717) is 18.4 Å². The summed E-state index contributed by atoms with van der Waals surface area (Å²) in [6.45, 7) is 9.99. The van der Waals surface area contributed by atoms with E-state index in [1.54, 1.807) is 43.3 Å². The third-order valence-electron chi connectivity index (χ3n) is 9.35. The number of rotatable bonds is 12. The summed E-state index contributed by atoms with van der Waals surface area (Å²) < 4.78 is 0.804. The highest BCUT2D eigenvalue weighted by Crippen LogP contribution is 2.68. The first-order valence-corrected chi connectivity index (χ1v) is 17.0. The van der Waals surface area contributed by atoms with Crippen LogP contribution in [0.2, 0.25) is 0 Å². The van der Waals surface area contributed by atoms with E-state index in [-0.39, 0.29) is 54.2 Å². The van der Waals surface area contributed by atoms with Gasteiger partial charge in [-0.05, 0) is 37.1 Å². The average Bonchev–Trinajstić information content (AvgIpc) is 3.77. The van der Waals surface area contributed by atoms with Crippen LogP contribution in [-0.2, 0) is 21.1 Å². The van der Waals surface area contributed by atoms with E-state index in [1.165, 1.54) is 0 Å². The molecule has 2 bridgehead atoms. The van der Waals surface area contributed by atoms with Crippen molar-refractivity contribution in [3.8, 4) is 0 Å². The van der Waals surface area contributed by atoms with Crippen LogP contribution in [0.3, 0.4) is 0 Å². The Bertz CT molecular complexity index is 1610. The van der Waals surface area contributed by atoms with Gasteiger partial charge in [-0.3, -0.25) is 14.4 Å². The first kappa shape index (κ1) is 31.5. The molecule has 45 heavy (non-hydrogen) atoms. The number of carbonyl (C=O) groups is 3. The zero-order valence-corrected chi connectivity index (χ0v) is 27.5. The van der Waals surface area contributed by atoms with E-state index in [4.69, 9.17) is 0 Å². The third-order valence-corrected chi connectivity index (χ3v) is 12.6. The van der Waals surface area contributed by atoms with Gasteiger partial charge >= 0.3 is 0 Å². The molecule has 1 N–H and O–H groups in total. The topological polar surface area (TPSA) is 112 Å². The molecular formula is C33H37BrN6O4S. The number of para-hydroxylation sites is 2. The van der Waals surface area contributed by atoms with E-state index in [9.17, 15) is 19.5 Å². The molecule has 10 nitrogen and oxygen atoms in total. The molecule has 3 unspecified atom stereocenters. The molecule has 12 heteroatoms. The van der Waals surface area contributed by atoms with Gasteiger partial charge in [0.2, 0.25) is 17.7 Å². The smallest absolute Gasteiger partial charge is 0.248 e. The number of fused-ring (bicyclic) bond motifs is 2. The highest BCUT2D eigenvalue weighted by atomic mass is 79.9. The molecule has 3 amide bonds. The van der Waals surface area contributed by atoms with Gasteiger partial charge in [0, 0.05) is 28.9 Å². The van der Waals surface area contributed by atoms with Crippen LogP contribution in [0.1, 0.15) is 19.8 Å². The van der Waals surface area contributed by atoms with Gasteiger partial charge < -0.3 is 19.8 Å². The maximum atomic E-state index is 14.9. The number of anilines is 1. The largest absolute Gasteiger partial charge is 0.394 e. The molecule has 3 fully saturated rings. The summed E-state index contributed by atoms with van der Waals surface area (Å²) >= 11 is 5.44. The number of hydrogen-bond donors (Lipinski definition) is 1. The molecule has 4 heterocycles. The number of amides is 3. The maximum absolute atomic E-state index is 14.9. The second-order valence-corrected chi connectivity index (χ2v) is 14.5. The number of aliphatic hydroxyl groups is 1. The fraction of sp³-hybridized carbons (Fsp3) is 0.424. The van der Waals surface area contributed by atoms with Crippen LogP contribution < -0.4 is 4.90 Å². The van der Waals surface area contributed by atoms with Crippen molar-refractivity contribution in [2.45, 2.75) is 53.3 Å². The molecule has 7 atom stereocenters. The summed E-state index contributed by atoms with van der Waals surface area (Å²) in [4.78, 5) is 48.8. The van der Waals surface area contributed by atoms with E-state index in [0.717, 1.165) is 11.2 Å². The Labute approximate surface area is 275 Å². The maximum Gasteiger partial charge on any atom is 0.248 e. The Hall–Kier alpha value is -3.48. The van der Waals surface area contributed by atoms with E-state index >= 15 is 0 Å². The number of likely N-dealkylation sites (tertiary alicyclic amines) is 1. The van der Waals surface area contributed by atoms with Crippen molar-refractivity contribution in [2.24, 2.45) is 11.8 Å². The number of aliphatic hydroxyl groups excluding tert-OH is 1. The predicted octanol–water partition coefficient (Wildman–Crippen LogP) is 3.86. The zero-order valence-electron chi connectivity index (χ0n) is 25.1. The SMILES string of the molecule is C=CCN(Cn1nnc2ccccc21)C(=O)C1N([C@@H](CC)CO)C(=O)[C@@H]2[C@@H](C(=O)N(CC=C)c3ccccc3)[C@@H]3SC12CC3Br. The lowest BCUT2D eigenvalue weighted by Crippen LogP contribution is -2.58. The molecule has 3 aliphatic heterocycles. The Morgan fingerprint density at radius 2 is 1.84 bits per heavy atom. The van der Waals surface area contributed by atoms with Crippen molar-refractivity contribution in [2.75, 3.05) is 24.6 Å². The van der Waals surface area contributed by atoms with Gasteiger partial charge in [0.05, 0.1) is 34.7 Å². The zero-order chi connectivity index (χ0) is 31.9. The molecule has 1 aromatic heterocycles. The summed E-state index contributed by atoms with van der Waals surface area (Å²) in [6, 6.07) is 15.4. The number of alkyl halides is 1. The van der Waals surface area contributed by atoms with Gasteiger partial charge in [0.1, 0.15) is 18.2 Å². The number of hydrogen-bond acceptors (Lipinski definition) is 7. The van der Waals surface area contributed by atoms with Crippen LogP contribution in [0, 0.1) is 11.8 Å². The van der Waals surface area contributed by atoms with Crippen molar-refractivity contribution in [1.29, 1.82) is 0 Å². The lowest BCUT2D eigenvalue weighted by atomic mass is 9.70. The van der Waals surface area contributed by atoms with Crippen molar-refractivity contribution in [3.05, 3.63) is 79.9 Å². The molecule has 3 aliphatic rings. The molecule has 0 radical (unpaired) electrons. The van der Waals surface area contributed by atoms with Gasteiger partial charge in [-0.2, -0.15) is 0 Å². The third kappa shape index (κ3) is 5.11. The van der Waals surface area contributed by atoms with E-state index in [2.05, 4.69) is 39.4 Å². The standard InChI is InChI=1S/C33H37BrN6O4S/c1-4-16-37(20-39-25-15-11-10-14-24(25)35-36-39)32(44)29-33-18-23(34)28(45-33)26(27(33)31(43)40(29)21(6-3)19-41)30(42)38(17-5-2)22-12-8-7-9-13-22/h4-5,7-15,21,23,26-29,41H,1-2,6,16-20H2,3H3/t21-,23?,26+,27-,28+,29?,33?/m0/s1. The van der Waals surface area contributed by atoms with Gasteiger partial charge in [0.25, 0.3) is 0 Å². The Balaban J connectivity index is 1.42. The van der Waals surface area contributed by atoms with E-state index in [1.807, 2.05) is 61.5 Å². The second kappa shape index (κ2) is 12.7. The van der Waals surface area contributed by atoms with Gasteiger partial charge in [-0.25, -0.2) is 4.68 Å². The molecule has 6 rings (SSSR count). The summed E-state index contributed by atoms with van der Waals surface area (Å²) in [7, 11) is 0. The van der Waals surface area contributed by atoms with Crippen molar-refractivity contribution in [1.82, 2.24) is 24.8 Å². The Kier molecular flexibility index (Phi) is 8.91. The normalized spacial score (nSPS) is 27.4. The number of carbonyl (C=O) groups excluding carboxylic acids is 3. The summed E-state index contributed by atoms with van der Waals surface area (Å²) in [5, 5.41) is 18.8. The van der Waals surface area contributed by atoms with Crippen LogP contribution in [0.15, 0.2) is 79.9 Å². The molecule has 3 aromatic rings. The van der Waals surface area contributed by atoms with Crippen LogP contribution in [0.25, 0.3) is 11.0 Å². The molecule has 0 saturated carbocycles. The molecule has 0 aliphatic carbocycles. The number of nitrogens with zero attached hydrogens (tertiary/aromatic N) is 6. The van der Waals surface area contributed by atoms with E-state index < -0.39 is 28.7 Å². The fourth-order valence-electron chi connectivity index (χ4n) is 7.41. The number of halogens is 1. The van der Waals surface area contributed by atoms with Crippen LogP contribution in [0.5, 0.6) is 0 Å². The first-order valence-electron chi connectivity index (χ1n) is 15.2. The predicted molar refractivity (Wildman–Crippen MR) is 179 cm³/mol. The van der Waals surface area contributed by atoms with Crippen molar-refractivity contribution >= 4 is 62.1 Å². The van der Waals surface area contributed by atoms with Gasteiger partial charge in [-0.15, -0.1) is 30.0 Å². The summed E-state index contributed by atoms with van der Waals surface area (Å²) in [5.41, 5.74) is 2.22. The fourth-order valence-corrected chi connectivity index (χ4v) is 11.0. The average molecular weight is 694 g/mol. The Morgan fingerprint density at radius 3 is 2.53 bits per heavy atom. The van der Waals surface area contributed by atoms with Crippen LogP contribution in [-0.4, -0.2) is 94.2 Å². The highest BCUT2D eigenvalue weighted by Gasteiger charge is 2.76. The number of thioether (sulfide) groups is 1.